The monoisotopic (exact) mass is 283 g/mol. The molecule has 0 aromatic carbocycles. The second kappa shape index (κ2) is 6.60. The number of hydrogen-bond donors (Lipinski definition) is 4. The number of primary amides is 1. The Labute approximate surface area is 115 Å². The van der Waals surface area contributed by atoms with Crippen molar-refractivity contribution in [1.29, 1.82) is 0 Å². The Hall–Kier alpha value is -2.51. The third-order valence-corrected chi connectivity index (χ3v) is 2.54. The lowest BCUT2D eigenvalue weighted by Gasteiger charge is -2.16. The summed E-state index contributed by atoms with van der Waals surface area (Å²) in [6, 6.07) is 0.932. The molecule has 1 heterocycles. The second-order valence-corrected chi connectivity index (χ2v) is 4.35. The van der Waals surface area contributed by atoms with E-state index >= 15 is 0 Å². The van der Waals surface area contributed by atoms with Gasteiger partial charge in [-0.3, -0.25) is 4.79 Å². The van der Waals surface area contributed by atoms with E-state index in [1.807, 2.05) is 0 Å². The summed E-state index contributed by atoms with van der Waals surface area (Å²) >= 11 is 0. The van der Waals surface area contributed by atoms with Gasteiger partial charge in [0.2, 0.25) is 5.91 Å². The van der Waals surface area contributed by atoms with Crippen molar-refractivity contribution >= 4 is 17.9 Å². The predicted octanol–water partition coefficient (Wildman–Crippen LogP) is 0.277. The average molecular weight is 283 g/mol. The summed E-state index contributed by atoms with van der Waals surface area (Å²) in [5.74, 6) is -0.904. The maximum Gasteiger partial charge on any atom is 0.326 e. The van der Waals surface area contributed by atoms with E-state index < -0.39 is 36.4 Å². The number of urea groups is 1. The fourth-order valence-electron chi connectivity index (χ4n) is 1.56. The summed E-state index contributed by atoms with van der Waals surface area (Å²) in [5.41, 5.74) is 4.91. The minimum Gasteiger partial charge on any atom is -0.480 e. The Balaban J connectivity index is 2.57. The molecule has 0 aliphatic rings. The van der Waals surface area contributed by atoms with Gasteiger partial charge in [-0.05, 0) is 26.0 Å². The molecule has 0 saturated carbocycles. The van der Waals surface area contributed by atoms with Crippen LogP contribution in [0.15, 0.2) is 16.5 Å². The summed E-state index contributed by atoms with van der Waals surface area (Å²) in [6.45, 7) is 3.45. The van der Waals surface area contributed by atoms with Crippen LogP contribution in [-0.4, -0.2) is 29.1 Å². The maximum atomic E-state index is 11.7. The number of nitrogens with two attached hydrogens (primary N) is 1. The van der Waals surface area contributed by atoms with Crippen LogP contribution in [0.3, 0.4) is 0 Å². The quantitative estimate of drug-likeness (QED) is 0.594. The number of carboxylic acids is 1. The molecule has 0 bridgehead atoms. The zero-order valence-electron chi connectivity index (χ0n) is 11.2. The zero-order chi connectivity index (χ0) is 15.3. The number of amides is 3. The highest BCUT2D eigenvalue weighted by atomic mass is 16.4. The van der Waals surface area contributed by atoms with E-state index in [0.717, 1.165) is 0 Å². The molecule has 0 aliphatic heterocycles. The molecule has 1 rings (SSSR count). The van der Waals surface area contributed by atoms with Crippen molar-refractivity contribution in [2.24, 2.45) is 5.73 Å². The topological polar surface area (TPSA) is 135 Å². The summed E-state index contributed by atoms with van der Waals surface area (Å²) < 4.78 is 5.33. The van der Waals surface area contributed by atoms with Crippen LogP contribution in [0.25, 0.3) is 0 Å². The Morgan fingerprint density at radius 2 is 2.00 bits per heavy atom. The first-order valence-electron chi connectivity index (χ1n) is 5.94. The van der Waals surface area contributed by atoms with Crippen molar-refractivity contribution in [1.82, 2.24) is 10.6 Å². The summed E-state index contributed by atoms with van der Waals surface area (Å²) in [4.78, 5) is 33.2. The van der Waals surface area contributed by atoms with Gasteiger partial charge in [0.1, 0.15) is 17.6 Å². The number of rotatable bonds is 6. The Kier molecular flexibility index (Phi) is 5.13. The molecule has 1 aromatic heterocycles. The number of carbonyl (C=O) groups is 3. The van der Waals surface area contributed by atoms with E-state index in [0.29, 0.717) is 11.5 Å². The van der Waals surface area contributed by atoms with Crippen LogP contribution < -0.4 is 16.4 Å². The van der Waals surface area contributed by atoms with Gasteiger partial charge in [-0.25, -0.2) is 9.59 Å². The third-order valence-electron chi connectivity index (χ3n) is 2.54. The number of aliphatic carboxylic acids is 1. The standard InChI is InChI=1S/C12H17N3O5/c1-6-3-4-9(20-6)7(2)14-12(19)15-8(11(17)18)5-10(13)16/h3-4,7-8H,5H2,1-2H3,(H2,13,16)(H,17,18)(H2,14,15,19)/t7?,8-/m1/s1. The van der Waals surface area contributed by atoms with Crippen LogP contribution in [0.5, 0.6) is 0 Å². The number of carbonyl (C=O) groups excluding carboxylic acids is 2. The van der Waals surface area contributed by atoms with Gasteiger partial charge < -0.3 is 25.9 Å². The van der Waals surface area contributed by atoms with E-state index in [4.69, 9.17) is 15.3 Å². The van der Waals surface area contributed by atoms with E-state index in [2.05, 4.69) is 10.6 Å². The van der Waals surface area contributed by atoms with Gasteiger partial charge in [0, 0.05) is 0 Å². The van der Waals surface area contributed by atoms with Crippen molar-refractivity contribution < 1.29 is 23.9 Å². The Morgan fingerprint density at radius 3 is 2.45 bits per heavy atom. The van der Waals surface area contributed by atoms with Gasteiger partial charge in [0.15, 0.2) is 0 Å². The van der Waals surface area contributed by atoms with E-state index in [-0.39, 0.29) is 0 Å². The van der Waals surface area contributed by atoms with Crippen molar-refractivity contribution in [3.05, 3.63) is 23.7 Å². The molecule has 110 valence electrons. The lowest BCUT2D eigenvalue weighted by molar-refractivity contribution is -0.140. The van der Waals surface area contributed by atoms with Crippen LogP contribution in [0.4, 0.5) is 4.79 Å². The highest BCUT2D eigenvalue weighted by molar-refractivity contribution is 5.87. The third kappa shape index (κ3) is 4.63. The first-order chi connectivity index (χ1) is 9.29. The summed E-state index contributed by atoms with van der Waals surface area (Å²) in [6.07, 6.45) is -0.475. The molecule has 0 saturated heterocycles. The number of nitrogens with one attached hydrogen (secondary N) is 2. The average Bonchev–Trinajstić information content (AvgIpc) is 2.74. The molecule has 8 nitrogen and oxygen atoms in total. The predicted molar refractivity (Wildman–Crippen MR) is 68.8 cm³/mol. The molecule has 0 fully saturated rings. The molecule has 3 amide bonds. The SMILES string of the molecule is Cc1ccc(C(C)NC(=O)N[C@H](CC(N)=O)C(=O)O)o1. The number of aryl methyl sites for hydroxylation is 1. The van der Waals surface area contributed by atoms with Crippen LogP contribution in [-0.2, 0) is 9.59 Å². The van der Waals surface area contributed by atoms with Crippen LogP contribution >= 0.6 is 0 Å². The van der Waals surface area contributed by atoms with Gasteiger partial charge in [-0.15, -0.1) is 0 Å². The first kappa shape index (κ1) is 15.5. The zero-order valence-corrected chi connectivity index (χ0v) is 11.2. The lowest BCUT2D eigenvalue weighted by Crippen LogP contribution is -2.48. The molecule has 0 radical (unpaired) electrons. The molecule has 2 atom stereocenters. The normalized spacial score (nSPS) is 13.3. The number of hydrogen-bond acceptors (Lipinski definition) is 4. The first-order valence-corrected chi connectivity index (χ1v) is 5.94. The summed E-state index contributed by atoms with van der Waals surface area (Å²) in [7, 11) is 0. The largest absolute Gasteiger partial charge is 0.480 e. The highest BCUT2D eigenvalue weighted by Gasteiger charge is 2.23. The van der Waals surface area contributed by atoms with E-state index in [1.165, 1.54) is 0 Å². The maximum absolute atomic E-state index is 11.7. The molecular formula is C12H17N3O5. The molecule has 1 aromatic rings. The van der Waals surface area contributed by atoms with Gasteiger partial charge >= 0.3 is 12.0 Å². The van der Waals surface area contributed by atoms with Gasteiger partial charge in [0.05, 0.1) is 12.5 Å². The highest BCUT2D eigenvalue weighted by Crippen LogP contribution is 2.15. The lowest BCUT2D eigenvalue weighted by atomic mass is 10.2. The van der Waals surface area contributed by atoms with Gasteiger partial charge in [-0.2, -0.15) is 0 Å². The fourth-order valence-corrected chi connectivity index (χ4v) is 1.56. The van der Waals surface area contributed by atoms with Gasteiger partial charge in [-0.1, -0.05) is 0 Å². The number of carboxylic acid groups (broad SMARTS) is 1. The van der Waals surface area contributed by atoms with E-state index in [1.54, 1.807) is 26.0 Å². The Morgan fingerprint density at radius 1 is 1.35 bits per heavy atom. The minimum atomic E-state index is -1.36. The van der Waals surface area contributed by atoms with Crippen LogP contribution in [0.1, 0.15) is 30.9 Å². The van der Waals surface area contributed by atoms with Crippen molar-refractivity contribution in [2.75, 3.05) is 0 Å². The molecule has 8 heteroatoms. The molecule has 0 aliphatic carbocycles. The van der Waals surface area contributed by atoms with Crippen LogP contribution in [0, 0.1) is 6.92 Å². The van der Waals surface area contributed by atoms with Crippen molar-refractivity contribution in [2.45, 2.75) is 32.4 Å². The molecular weight excluding hydrogens is 266 g/mol. The smallest absolute Gasteiger partial charge is 0.326 e. The van der Waals surface area contributed by atoms with Gasteiger partial charge in [0.25, 0.3) is 0 Å². The molecule has 20 heavy (non-hydrogen) atoms. The molecule has 1 unspecified atom stereocenters. The van der Waals surface area contributed by atoms with Crippen molar-refractivity contribution in [3.8, 4) is 0 Å². The van der Waals surface area contributed by atoms with E-state index in [9.17, 15) is 14.4 Å². The second-order valence-electron chi connectivity index (χ2n) is 4.35. The Bertz CT molecular complexity index is 511. The summed E-state index contributed by atoms with van der Waals surface area (Å²) in [5, 5.41) is 13.5. The molecule has 0 spiro atoms. The molecule has 5 N–H and O–H groups in total. The van der Waals surface area contributed by atoms with Crippen molar-refractivity contribution in [3.63, 3.8) is 0 Å². The number of furan rings is 1. The minimum absolute atomic E-state index is 0.438. The fraction of sp³-hybridized carbons (Fsp3) is 0.417. The van der Waals surface area contributed by atoms with Crippen LogP contribution in [0.2, 0.25) is 0 Å².